The van der Waals surface area contributed by atoms with Gasteiger partial charge in [-0.2, -0.15) is 0 Å². The SMILES string of the molecule is CCCCN(NS(=O)(=O)c1cccc2c(N(C)C)cccc12)C(=O)C12CC3CC(CC(C3)C1)C2. The summed E-state index contributed by atoms with van der Waals surface area (Å²) in [7, 11) is -0.0404. The predicted molar refractivity (Wildman–Crippen MR) is 136 cm³/mol. The number of benzene rings is 2. The molecule has 184 valence electrons. The third-order valence-corrected chi connectivity index (χ3v) is 9.73. The highest BCUT2D eigenvalue weighted by atomic mass is 32.2. The fraction of sp³-hybridized carbons (Fsp3) is 0.593. The molecule has 6 nitrogen and oxygen atoms in total. The fourth-order valence-electron chi connectivity index (χ4n) is 7.25. The summed E-state index contributed by atoms with van der Waals surface area (Å²) in [6, 6.07) is 11.1. The predicted octanol–water partition coefficient (Wildman–Crippen LogP) is 4.94. The average Bonchev–Trinajstić information content (AvgIpc) is 2.79. The van der Waals surface area contributed by atoms with Crippen LogP contribution in [0.25, 0.3) is 10.8 Å². The highest BCUT2D eigenvalue weighted by molar-refractivity contribution is 7.89. The number of nitrogens with one attached hydrogen (secondary N) is 1. The number of amides is 1. The summed E-state index contributed by atoms with van der Waals surface area (Å²) in [5, 5.41) is 3.00. The molecule has 0 aliphatic heterocycles. The lowest BCUT2D eigenvalue weighted by Crippen LogP contribution is -2.58. The van der Waals surface area contributed by atoms with E-state index in [0.29, 0.717) is 29.7 Å². The van der Waals surface area contributed by atoms with Crippen LogP contribution < -0.4 is 9.73 Å². The van der Waals surface area contributed by atoms with Gasteiger partial charge in [0.15, 0.2) is 0 Å². The minimum atomic E-state index is -3.94. The second-order valence-electron chi connectivity index (χ2n) is 11.1. The third kappa shape index (κ3) is 4.11. The van der Waals surface area contributed by atoms with Crippen molar-refractivity contribution in [3.63, 3.8) is 0 Å². The number of hydrogen-bond donors (Lipinski definition) is 1. The first-order valence-electron chi connectivity index (χ1n) is 12.8. The van der Waals surface area contributed by atoms with Gasteiger partial charge in [-0.25, -0.2) is 8.42 Å². The van der Waals surface area contributed by atoms with Gasteiger partial charge in [-0.3, -0.25) is 9.80 Å². The Labute approximate surface area is 203 Å². The van der Waals surface area contributed by atoms with Crippen molar-refractivity contribution in [3.8, 4) is 0 Å². The van der Waals surface area contributed by atoms with E-state index < -0.39 is 10.0 Å². The Kier molecular flexibility index (Phi) is 6.13. The fourth-order valence-corrected chi connectivity index (χ4v) is 8.53. The van der Waals surface area contributed by atoms with E-state index in [4.69, 9.17) is 0 Å². The number of sulfonamides is 1. The highest BCUT2D eigenvalue weighted by Crippen LogP contribution is 2.60. The van der Waals surface area contributed by atoms with Crippen LogP contribution in [0.5, 0.6) is 0 Å². The molecule has 0 radical (unpaired) electrons. The Morgan fingerprint density at radius 1 is 0.971 bits per heavy atom. The number of unbranched alkanes of at least 4 members (excludes halogenated alkanes) is 1. The molecule has 6 rings (SSSR count). The number of carbonyl (C=O) groups excluding carboxylic acids is 1. The van der Waals surface area contributed by atoms with Crippen LogP contribution in [-0.2, 0) is 14.8 Å². The Balaban J connectivity index is 1.48. The molecular weight excluding hydrogens is 446 g/mol. The zero-order chi connectivity index (χ0) is 24.1. The van der Waals surface area contributed by atoms with Crippen molar-refractivity contribution >= 4 is 32.4 Å². The molecule has 4 aliphatic carbocycles. The normalized spacial score (nSPS) is 27.8. The van der Waals surface area contributed by atoms with Crippen molar-refractivity contribution in [2.45, 2.75) is 63.2 Å². The maximum absolute atomic E-state index is 14.0. The van der Waals surface area contributed by atoms with Crippen LogP contribution in [-0.4, -0.2) is 40.0 Å². The van der Waals surface area contributed by atoms with Crippen molar-refractivity contribution in [2.24, 2.45) is 23.2 Å². The minimum Gasteiger partial charge on any atom is -0.377 e. The number of hydrogen-bond acceptors (Lipinski definition) is 4. The van der Waals surface area contributed by atoms with Crippen LogP contribution in [0, 0.1) is 23.2 Å². The van der Waals surface area contributed by atoms with Crippen LogP contribution in [0.1, 0.15) is 58.3 Å². The Bertz CT molecular complexity index is 1160. The van der Waals surface area contributed by atoms with Gasteiger partial charge in [-0.1, -0.05) is 37.6 Å². The molecule has 34 heavy (non-hydrogen) atoms. The van der Waals surface area contributed by atoms with E-state index in [1.54, 1.807) is 12.1 Å². The van der Waals surface area contributed by atoms with Crippen LogP contribution >= 0.6 is 0 Å². The summed E-state index contributed by atoms with van der Waals surface area (Å²) in [4.78, 5) is 19.0. The largest absolute Gasteiger partial charge is 0.377 e. The van der Waals surface area contributed by atoms with Crippen molar-refractivity contribution in [3.05, 3.63) is 36.4 Å². The molecular formula is C27H37N3O3S. The Morgan fingerprint density at radius 3 is 2.15 bits per heavy atom. The topological polar surface area (TPSA) is 69.7 Å². The van der Waals surface area contributed by atoms with Gasteiger partial charge in [0.25, 0.3) is 10.0 Å². The van der Waals surface area contributed by atoms with Gasteiger partial charge in [0, 0.05) is 37.1 Å². The van der Waals surface area contributed by atoms with Crippen molar-refractivity contribution < 1.29 is 13.2 Å². The summed E-state index contributed by atoms with van der Waals surface area (Å²) < 4.78 is 27.4. The number of fused-ring (bicyclic) bond motifs is 1. The summed E-state index contributed by atoms with van der Waals surface area (Å²) in [6.45, 7) is 2.47. The van der Waals surface area contributed by atoms with E-state index >= 15 is 0 Å². The van der Waals surface area contributed by atoms with Crippen LogP contribution in [0.2, 0.25) is 0 Å². The molecule has 4 fully saturated rings. The number of hydrazine groups is 1. The van der Waals surface area contributed by atoms with Crippen molar-refractivity contribution in [1.29, 1.82) is 0 Å². The second kappa shape index (κ2) is 8.83. The number of nitrogens with zero attached hydrogens (tertiary/aromatic N) is 2. The number of anilines is 1. The summed E-state index contributed by atoms with van der Waals surface area (Å²) in [5.74, 6) is 1.88. The van der Waals surface area contributed by atoms with Gasteiger partial charge in [-0.05, 0) is 74.8 Å². The minimum absolute atomic E-state index is 0.00200. The van der Waals surface area contributed by atoms with Crippen molar-refractivity contribution in [2.75, 3.05) is 25.5 Å². The Hall–Kier alpha value is -2.12. The summed E-state index contributed by atoms with van der Waals surface area (Å²) >= 11 is 0. The van der Waals surface area contributed by atoms with Gasteiger partial charge in [-0.15, -0.1) is 4.83 Å². The zero-order valence-corrected chi connectivity index (χ0v) is 21.4. The molecule has 2 aromatic carbocycles. The first-order chi connectivity index (χ1) is 16.2. The molecule has 0 spiro atoms. The summed E-state index contributed by atoms with van der Waals surface area (Å²) in [5.41, 5.74) is 0.573. The van der Waals surface area contributed by atoms with E-state index in [1.807, 2.05) is 43.3 Å². The van der Waals surface area contributed by atoms with Gasteiger partial charge >= 0.3 is 0 Å². The van der Waals surface area contributed by atoms with Gasteiger partial charge < -0.3 is 4.90 Å². The van der Waals surface area contributed by atoms with Crippen LogP contribution in [0.3, 0.4) is 0 Å². The molecule has 1 amide bonds. The maximum Gasteiger partial charge on any atom is 0.258 e. The molecule has 7 heteroatoms. The first-order valence-corrected chi connectivity index (χ1v) is 14.2. The van der Waals surface area contributed by atoms with Gasteiger partial charge in [0.2, 0.25) is 5.91 Å². The van der Waals surface area contributed by atoms with E-state index in [2.05, 4.69) is 11.8 Å². The Morgan fingerprint density at radius 2 is 1.56 bits per heavy atom. The molecule has 4 aliphatic rings. The molecule has 0 heterocycles. The molecule has 0 atom stereocenters. The average molecular weight is 484 g/mol. The standard InChI is InChI=1S/C27H37N3O3S/c1-4-5-12-30(26(31)27-16-19-13-20(17-27)15-21(14-19)18-27)28-34(32,33)25-11-7-8-22-23(25)9-6-10-24(22)29(2)3/h6-11,19-21,28H,4-5,12-18H2,1-3H3. The molecule has 0 saturated heterocycles. The van der Waals surface area contributed by atoms with Crippen LogP contribution in [0.15, 0.2) is 41.3 Å². The smallest absolute Gasteiger partial charge is 0.258 e. The molecule has 0 aromatic heterocycles. The lowest BCUT2D eigenvalue weighted by molar-refractivity contribution is -0.159. The van der Waals surface area contributed by atoms with Gasteiger partial charge in [0.1, 0.15) is 0 Å². The number of carbonyl (C=O) groups is 1. The van der Waals surface area contributed by atoms with Crippen LogP contribution in [0.4, 0.5) is 5.69 Å². The van der Waals surface area contributed by atoms with E-state index in [0.717, 1.165) is 43.2 Å². The van der Waals surface area contributed by atoms with E-state index in [1.165, 1.54) is 24.3 Å². The zero-order valence-electron chi connectivity index (χ0n) is 20.6. The third-order valence-electron chi connectivity index (χ3n) is 8.33. The number of rotatable bonds is 8. The molecule has 4 bridgehead atoms. The molecule has 2 aromatic rings. The lowest BCUT2D eigenvalue weighted by atomic mass is 9.49. The molecule has 4 saturated carbocycles. The summed E-state index contributed by atoms with van der Waals surface area (Å²) in [6.07, 6.45) is 8.16. The van der Waals surface area contributed by atoms with E-state index in [-0.39, 0.29) is 16.2 Å². The highest BCUT2D eigenvalue weighted by Gasteiger charge is 2.56. The quantitative estimate of drug-likeness (QED) is 0.540. The lowest BCUT2D eigenvalue weighted by Gasteiger charge is -2.56. The first kappa shape index (κ1) is 23.6. The maximum atomic E-state index is 14.0. The second-order valence-corrected chi connectivity index (χ2v) is 12.8. The van der Waals surface area contributed by atoms with E-state index in [9.17, 15) is 13.2 Å². The molecule has 1 N–H and O–H groups in total. The van der Waals surface area contributed by atoms with Crippen molar-refractivity contribution in [1.82, 2.24) is 9.84 Å². The monoisotopic (exact) mass is 483 g/mol. The van der Waals surface area contributed by atoms with Gasteiger partial charge in [0.05, 0.1) is 10.3 Å². The molecule has 0 unspecified atom stereocenters.